The molecule has 0 bridgehead atoms. The normalized spacial score (nSPS) is 35.2. The third-order valence-corrected chi connectivity index (χ3v) is 7.55. The topological polar surface area (TPSA) is 103 Å². The number of nitrogens with one attached hydrogen (secondary N) is 1. The number of ether oxygens (including phenoxy) is 4. The second-order valence-corrected chi connectivity index (χ2v) is 11.9. The molecule has 0 aromatic heterocycles. The van der Waals surface area contributed by atoms with Crippen molar-refractivity contribution in [3.8, 4) is 6.07 Å². The minimum atomic E-state index is -0.622. The number of carbonyl (C=O) groups excluding carboxylic acids is 1. The van der Waals surface area contributed by atoms with E-state index in [9.17, 15) is 10.1 Å². The number of nitrogens with zero attached hydrogens (tertiary/aromatic N) is 4. The largest absolute Gasteiger partial charge is 0.485 e. The maximum atomic E-state index is 15.2. The fourth-order valence-corrected chi connectivity index (χ4v) is 5.86. The first-order chi connectivity index (χ1) is 17.9. The third-order valence-electron chi connectivity index (χ3n) is 7.55. The van der Waals surface area contributed by atoms with E-state index >= 15 is 4.39 Å². The van der Waals surface area contributed by atoms with Gasteiger partial charge in [0.15, 0.2) is 0 Å². The van der Waals surface area contributed by atoms with Crippen LogP contribution in [0.3, 0.4) is 0 Å². The van der Waals surface area contributed by atoms with Crippen molar-refractivity contribution in [3.05, 3.63) is 35.2 Å². The molecule has 0 aromatic rings. The van der Waals surface area contributed by atoms with Crippen LogP contribution in [0.5, 0.6) is 0 Å². The SMILES string of the molecule is CC1C=C(C#N)C=C(F)C1N1CCOC2=C(OC3C(C)CN(C(=O)OC(C)(C)C)CC34CO4)[N+](C)=CNC21. The summed E-state index contributed by atoms with van der Waals surface area (Å²) >= 11 is 0. The lowest BCUT2D eigenvalue weighted by Crippen LogP contribution is -2.61. The first-order valence-electron chi connectivity index (χ1n) is 13.1. The van der Waals surface area contributed by atoms with Gasteiger partial charge in [-0.15, -0.1) is 0 Å². The highest BCUT2D eigenvalue weighted by Gasteiger charge is 2.61. The molecule has 3 saturated heterocycles. The van der Waals surface area contributed by atoms with Crippen molar-refractivity contribution in [3.63, 3.8) is 0 Å². The zero-order chi connectivity index (χ0) is 27.4. The van der Waals surface area contributed by atoms with Crippen LogP contribution in [0.25, 0.3) is 0 Å². The molecule has 1 aliphatic carbocycles. The number of hydrogen-bond donors (Lipinski definition) is 1. The molecule has 5 rings (SSSR count). The second kappa shape index (κ2) is 9.58. The Kier molecular flexibility index (Phi) is 6.68. The van der Waals surface area contributed by atoms with Crippen molar-refractivity contribution < 1.29 is 32.7 Å². The Morgan fingerprint density at radius 1 is 1.37 bits per heavy atom. The first-order valence-corrected chi connectivity index (χ1v) is 13.1. The van der Waals surface area contributed by atoms with Crippen LogP contribution in [0.1, 0.15) is 34.6 Å². The zero-order valence-electron chi connectivity index (χ0n) is 22.9. The van der Waals surface area contributed by atoms with E-state index in [0.29, 0.717) is 50.1 Å². The summed E-state index contributed by atoms with van der Waals surface area (Å²) in [5.41, 5.74) is -0.868. The van der Waals surface area contributed by atoms with Gasteiger partial charge in [-0.3, -0.25) is 5.32 Å². The van der Waals surface area contributed by atoms with Crippen LogP contribution in [-0.4, -0.2) is 96.2 Å². The third kappa shape index (κ3) is 4.87. The highest BCUT2D eigenvalue weighted by atomic mass is 19.1. The molecule has 3 fully saturated rings. The van der Waals surface area contributed by atoms with Crippen LogP contribution in [-0.2, 0) is 18.9 Å². The summed E-state index contributed by atoms with van der Waals surface area (Å²) in [4.78, 5) is 16.5. The van der Waals surface area contributed by atoms with E-state index in [0.717, 1.165) is 0 Å². The van der Waals surface area contributed by atoms with Gasteiger partial charge in [-0.05, 0) is 32.8 Å². The molecule has 0 saturated carbocycles. The summed E-state index contributed by atoms with van der Waals surface area (Å²) in [5, 5.41) is 12.6. The standard InChI is InChI=1S/C27H36FN5O5/c1-16-9-18(11-29)10-19(28)20(16)33-7-8-35-21-23(33)30-15-31(6)24(21)37-22-17(2)12-32(13-27(22)14-36-27)25(34)38-26(3,4)5/h9-10,15-17,20,22-23H,7-8,12-14H2,1-6H3/p+1. The van der Waals surface area contributed by atoms with Gasteiger partial charge in [0.25, 0.3) is 0 Å². The lowest BCUT2D eigenvalue weighted by molar-refractivity contribution is -0.491. The first kappa shape index (κ1) is 26.5. The quantitative estimate of drug-likeness (QED) is 0.439. The molecule has 10 nitrogen and oxygen atoms in total. The van der Waals surface area contributed by atoms with Crippen LogP contribution in [0.2, 0.25) is 0 Å². The van der Waals surface area contributed by atoms with E-state index in [1.54, 1.807) is 17.3 Å². The summed E-state index contributed by atoms with van der Waals surface area (Å²) in [7, 11) is 1.86. The molecule has 11 heteroatoms. The Morgan fingerprint density at radius 3 is 2.74 bits per heavy atom. The fourth-order valence-electron chi connectivity index (χ4n) is 5.86. The van der Waals surface area contributed by atoms with Gasteiger partial charge in [-0.2, -0.15) is 5.26 Å². The zero-order valence-corrected chi connectivity index (χ0v) is 22.9. The number of halogens is 1. The van der Waals surface area contributed by atoms with Crippen LogP contribution in [0.15, 0.2) is 35.2 Å². The maximum Gasteiger partial charge on any atom is 0.410 e. The van der Waals surface area contributed by atoms with Gasteiger partial charge in [0, 0.05) is 19.0 Å². The van der Waals surface area contributed by atoms with Crippen LogP contribution in [0, 0.1) is 23.2 Å². The lowest BCUT2D eigenvalue weighted by atomic mass is 9.87. The number of epoxide rings is 1. The Hall–Kier alpha value is -3.10. The number of allylic oxidation sites excluding steroid dienone is 2. The van der Waals surface area contributed by atoms with Crippen molar-refractivity contribution in [1.82, 2.24) is 15.1 Å². The van der Waals surface area contributed by atoms with Gasteiger partial charge in [-0.1, -0.05) is 19.9 Å². The number of nitriles is 1. The number of carbonyl (C=O) groups is 1. The molecule has 0 aromatic carbocycles. The van der Waals surface area contributed by atoms with E-state index in [4.69, 9.17) is 18.9 Å². The molecule has 1 N–H and O–H groups in total. The van der Waals surface area contributed by atoms with Gasteiger partial charge in [0.2, 0.25) is 18.3 Å². The molecule has 1 spiro atoms. The molecule has 0 radical (unpaired) electrons. The Morgan fingerprint density at radius 2 is 2.11 bits per heavy atom. The number of piperidine rings is 1. The molecule has 4 aliphatic heterocycles. The summed E-state index contributed by atoms with van der Waals surface area (Å²) < 4.78 is 41.4. The van der Waals surface area contributed by atoms with Gasteiger partial charge in [0.05, 0.1) is 37.9 Å². The summed E-state index contributed by atoms with van der Waals surface area (Å²) in [6.45, 7) is 11.7. The number of fused-ring (bicyclic) bond motifs is 1. The van der Waals surface area contributed by atoms with Gasteiger partial charge < -0.3 is 23.8 Å². The number of likely N-dealkylation sites (tertiary alicyclic amines) is 1. The molecular formula is C27H37FN5O5+. The average molecular weight is 531 g/mol. The highest BCUT2D eigenvalue weighted by Crippen LogP contribution is 2.43. The fraction of sp³-hybridized carbons (Fsp3) is 0.667. The lowest BCUT2D eigenvalue weighted by Gasteiger charge is -2.44. The Balaban J connectivity index is 1.38. The predicted octanol–water partition coefficient (Wildman–Crippen LogP) is 2.45. The number of morpholine rings is 1. The molecule has 38 heavy (non-hydrogen) atoms. The number of hydrogen-bond acceptors (Lipinski definition) is 8. The van der Waals surface area contributed by atoms with E-state index in [-0.39, 0.29) is 29.9 Å². The molecule has 4 heterocycles. The van der Waals surface area contributed by atoms with Crippen LogP contribution >= 0.6 is 0 Å². The molecule has 206 valence electrons. The monoisotopic (exact) mass is 530 g/mol. The number of amides is 1. The molecule has 5 aliphatic rings. The minimum Gasteiger partial charge on any atom is -0.485 e. The van der Waals surface area contributed by atoms with E-state index < -0.39 is 23.4 Å². The van der Waals surface area contributed by atoms with E-state index in [2.05, 4.69) is 5.32 Å². The van der Waals surface area contributed by atoms with Crippen molar-refractivity contribution in [2.45, 2.75) is 64.1 Å². The summed E-state index contributed by atoms with van der Waals surface area (Å²) in [6, 6.07) is 1.51. The van der Waals surface area contributed by atoms with Crippen LogP contribution in [0.4, 0.5) is 9.18 Å². The van der Waals surface area contributed by atoms with Crippen molar-refractivity contribution in [2.24, 2.45) is 11.8 Å². The van der Waals surface area contributed by atoms with E-state index in [1.807, 2.05) is 57.2 Å². The smallest absolute Gasteiger partial charge is 0.410 e. The summed E-state index contributed by atoms with van der Waals surface area (Å²) in [5.74, 6) is 0.544. The van der Waals surface area contributed by atoms with Crippen LogP contribution < -0.4 is 5.32 Å². The predicted molar refractivity (Wildman–Crippen MR) is 135 cm³/mol. The molecular weight excluding hydrogens is 493 g/mol. The number of rotatable bonds is 3. The van der Waals surface area contributed by atoms with Gasteiger partial charge >= 0.3 is 12.0 Å². The molecule has 6 atom stereocenters. The Labute approximate surface area is 222 Å². The molecule has 1 amide bonds. The minimum absolute atomic E-state index is 0.0402. The van der Waals surface area contributed by atoms with Crippen molar-refractivity contribution in [1.29, 1.82) is 5.26 Å². The molecule has 6 unspecified atom stereocenters. The van der Waals surface area contributed by atoms with Gasteiger partial charge in [0.1, 0.15) is 29.7 Å². The van der Waals surface area contributed by atoms with Crippen molar-refractivity contribution >= 4 is 12.4 Å². The highest BCUT2D eigenvalue weighted by molar-refractivity contribution is 5.68. The van der Waals surface area contributed by atoms with Crippen molar-refractivity contribution in [2.75, 3.05) is 39.9 Å². The van der Waals surface area contributed by atoms with Gasteiger partial charge in [-0.25, -0.2) is 18.7 Å². The Bertz CT molecular complexity index is 1160. The summed E-state index contributed by atoms with van der Waals surface area (Å²) in [6.07, 6.45) is 3.79. The average Bonchev–Trinajstić information content (AvgIpc) is 3.60. The van der Waals surface area contributed by atoms with E-state index in [1.165, 1.54) is 6.08 Å². The second-order valence-electron chi connectivity index (χ2n) is 11.9. The maximum absolute atomic E-state index is 15.2.